The predicted molar refractivity (Wildman–Crippen MR) is 163 cm³/mol. The first-order valence-electron chi connectivity index (χ1n) is 13.7. The van der Waals surface area contributed by atoms with E-state index in [1.165, 1.54) is 71.3 Å². The molecule has 4 heteroatoms. The summed E-state index contributed by atoms with van der Waals surface area (Å²) in [6.07, 6.45) is 1.70. The minimum atomic E-state index is 0.826. The number of hydrogen-bond acceptors (Lipinski definition) is 2. The van der Waals surface area contributed by atoms with Gasteiger partial charge in [-0.25, -0.2) is 9.97 Å². The zero-order valence-electron chi connectivity index (χ0n) is 21.7. The van der Waals surface area contributed by atoms with E-state index in [0.717, 1.165) is 37.5 Å². The second-order valence-electron chi connectivity index (χ2n) is 11.0. The van der Waals surface area contributed by atoms with Gasteiger partial charge in [0.1, 0.15) is 11.6 Å². The fourth-order valence-electron chi connectivity index (χ4n) is 7.22. The summed E-state index contributed by atoms with van der Waals surface area (Å²) < 4.78 is 2.47. The first-order chi connectivity index (χ1) is 19.3. The lowest BCUT2D eigenvalue weighted by molar-refractivity contribution is 0.854. The molecule has 1 aliphatic carbocycles. The molecule has 0 N–H and O–H groups in total. The number of hydrogen-bond donors (Lipinski definition) is 0. The van der Waals surface area contributed by atoms with Crippen LogP contribution in [0, 0.1) is 6.92 Å². The zero-order chi connectivity index (χ0) is 25.7. The van der Waals surface area contributed by atoms with E-state index in [1.54, 1.807) is 0 Å². The van der Waals surface area contributed by atoms with Crippen LogP contribution in [0.3, 0.4) is 0 Å². The third-order valence-electron chi connectivity index (χ3n) is 8.83. The maximum Gasteiger partial charge on any atom is 0.194 e. The Hall–Kier alpha value is -4.70. The summed E-state index contributed by atoms with van der Waals surface area (Å²) >= 11 is 0. The van der Waals surface area contributed by atoms with E-state index in [-0.39, 0.29) is 0 Å². The molecule has 0 spiro atoms. The molecule has 39 heavy (non-hydrogen) atoms. The average Bonchev–Trinajstić information content (AvgIpc) is 3.52. The quantitative estimate of drug-likeness (QED) is 0.265. The zero-order valence-corrected chi connectivity index (χ0v) is 21.7. The van der Waals surface area contributed by atoms with Crippen molar-refractivity contribution in [3.63, 3.8) is 0 Å². The summed E-state index contributed by atoms with van der Waals surface area (Å²) in [5.74, 6) is 1.85. The van der Waals surface area contributed by atoms with Gasteiger partial charge in [-0.3, -0.25) is 4.57 Å². The van der Waals surface area contributed by atoms with Crippen LogP contribution in [0.15, 0.2) is 97.1 Å². The summed E-state index contributed by atoms with van der Waals surface area (Å²) in [5.41, 5.74) is 13.1. The monoisotopic (exact) mass is 497 g/mol. The largest absolute Gasteiger partial charge is 0.293 e. The van der Waals surface area contributed by atoms with Crippen molar-refractivity contribution < 1.29 is 0 Å². The highest BCUT2D eigenvalue weighted by Crippen LogP contribution is 2.43. The van der Waals surface area contributed by atoms with Gasteiger partial charge >= 0.3 is 0 Å². The maximum absolute atomic E-state index is 5.22. The van der Waals surface area contributed by atoms with E-state index in [0.29, 0.717) is 0 Å². The predicted octanol–water partition coefficient (Wildman–Crippen LogP) is 5.90. The molecular formula is C35H24BN3. The topological polar surface area (TPSA) is 30.7 Å². The molecule has 0 atom stereocenters. The SMILES string of the molecule is Cc1nc2c(c(-n3c4ccccc4c4c5ccccc5c5c(c43)-c3ccccc3B5)n1)Cc1ccccc1C2. The number of rotatable bonds is 1. The van der Waals surface area contributed by atoms with Crippen LogP contribution in [0.25, 0.3) is 49.5 Å². The van der Waals surface area contributed by atoms with Crippen LogP contribution >= 0.6 is 0 Å². The second-order valence-corrected chi connectivity index (χ2v) is 11.0. The molecule has 0 saturated heterocycles. The fourth-order valence-corrected chi connectivity index (χ4v) is 7.22. The van der Waals surface area contributed by atoms with Crippen molar-refractivity contribution in [1.82, 2.24) is 14.5 Å². The van der Waals surface area contributed by atoms with Gasteiger partial charge in [0, 0.05) is 34.7 Å². The summed E-state index contributed by atoms with van der Waals surface area (Å²) in [4.78, 5) is 10.2. The summed E-state index contributed by atoms with van der Waals surface area (Å²) in [6.45, 7) is 2.04. The van der Waals surface area contributed by atoms with Crippen LogP contribution in [-0.4, -0.2) is 21.8 Å². The normalized spacial score (nSPS) is 13.3. The molecule has 2 aromatic heterocycles. The Morgan fingerprint density at radius 2 is 1.38 bits per heavy atom. The Labute approximate surface area is 227 Å². The Bertz CT molecular complexity index is 2170. The maximum atomic E-state index is 5.22. The van der Waals surface area contributed by atoms with Gasteiger partial charge < -0.3 is 0 Å². The van der Waals surface area contributed by atoms with E-state index >= 15 is 0 Å². The summed E-state index contributed by atoms with van der Waals surface area (Å²) in [6, 6.07) is 35.5. The number of aryl methyl sites for hydroxylation is 1. The minimum absolute atomic E-state index is 0.826. The molecule has 0 radical (unpaired) electrons. The van der Waals surface area contributed by atoms with Gasteiger partial charge in [0.05, 0.1) is 16.7 Å². The van der Waals surface area contributed by atoms with Crippen molar-refractivity contribution in [3.8, 4) is 16.9 Å². The summed E-state index contributed by atoms with van der Waals surface area (Å²) in [5, 5.41) is 5.27. The van der Waals surface area contributed by atoms with Crippen molar-refractivity contribution in [1.29, 1.82) is 0 Å². The first-order valence-corrected chi connectivity index (χ1v) is 13.7. The number of nitrogens with zero attached hydrogens (tertiary/aromatic N) is 3. The molecule has 0 fully saturated rings. The highest BCUT2D eigenvalue weighted by Gasteiger charge is 2.30. The van der Waals surface area contributed by atoms with Gasteiger partial charge in [-0.2, -0.15) is 0 Å². The molecular weight excluding hydrogens is 473 g/mol. The third kappa shape index (κ3) is 2.83. The second kappa shape index (κ2) is 7.67. The van der Waals surface area contributed by atoms with Crippen LogP contribution in [0.2, 0.25) is 0 Å². The Balaban J connectivity index is 1.49. The van der Waals surface area contributed by atoms with E-state index in [4.69, 9.17) is 9.97 Å². The van der Waals surface area contributed by atoms with Crippen molar-refractivity contribution >= 4 is 50.8 Å². The lowest BCUT2D eigenvalue weighted by Gasteiger charge is -2.23. The molecule has 9 rings (SSSR count). The lowest BCUT2D eigenvalue weighted by Crippen LogP contribution is -2.21. The Morgan fingerprint density at radius 1 is 0.692 bits per heavy atom. The van der Waals surface area contributed by atoms with Crippen molar-refractivity contribution in [2.24, 2.45) is 0 Å². The van der Waals surface area contributed by atoms with Gasteiger partial charge in [0.2, 0.25) is 0 Å². The van der Waals surface area contributed by atoms with Gasteiger partial charge in [-0.05, 0) is 40.5 Å². The van der Waals surface area contributed by atoms with Gasteiger partial charge in [0.25, 0.3) is 0 Å². The van der Waals surface area contributed by atoms with Gasteiger partial charge in [0.15, 0.2) is 7.28 Å². The van der Waals surface area contributed by atoms with E-state index < -0.39 is 0 Å². The first kappa shape index (κ1) is 21.3. The van der Waals surface area contributed by atoms with E-state index in [1.807, 2.05) is 6.92 Å². The molecule has 2 aliphatic rings. The van der Waals surface area contributed by atoms with Gasteiger partial charge in [-0.1, -0.05) is 102 Å². The standard InChI is InChI=1S/C35H24BN3/c1-20-37-29-19-22-11-3-2-10-21(22)18-27(29)35(38-20)39-30-17-9-7-15-26(30)31-23-12-4-5-13-24(23)33-32(34(31)39)25-14-6-8-16-28(25)36-33/h2-17,36H,18-19H2,1H3. The fraction of sp³-hybridized carbons (Fsp3) is 0.0857. The average molecular weight is 497 g/mol. The Kier molecular flexibility index (Phi) is 4.18. The lowest BCUT2D eigenvalue weighted by atomic mass is 9.66. The highest BCUT2D eigenvalue weighted by molar-refractivity contribution is 6.77. The molecule has 0 unspecified atom stereocenters. The molecule has 0 bridgehead atoms. The molecule has 0 amide bonds. The summed E-state index contributed by atoms with van der Waals surface area (Å²) in [7, 11) is 0.956. The van der Waals surface area contributed by atoms with Crippen molar-refractivity contribution in [3.05, 3.63) is 125 Å². The van der Waals surface area contributed by atoms with Crippen LogP contribution in [0.1, 0.15) is 28.2 Å². The molecule has 0 saturated carbocycles. The molecule has 7 aromatic rings. The van der Waals surface area contributed by atoms with Crippen LogP contribution in [0.5, 0.6) is 0 Å². The molecule has 182 valence electrons. The van der Waals surface area contributed by atoms with Crippen molar-refractivity contribution in [2.45, 2.75) is 19.8 Å². The highest BCUT2D eigenvalue weighted by atomic mass is 15.1. The van der Waals surface area contributed by atoms with E-state index in [9.17, 15) is 0 Å². The smallest absolute Gasteiger partial charge is 0.194 e. The minimum Gasteiger partial charge on any atom is -0.293 e. The van der Waals surface area contributed by atoms with Crippen molar-refractivity contribution in [2.75, 3.05) is 0 Å². The van der Waals surface area contributed by atoms with Crippen LogP contribution < -0.4 is 10.9 Å². The number of benzene rings is 5. The third-order valence-corrected chi connectivity index (χ3v) is 8.83. The molecule has 1 aliphatic heterocycles. The number of aromatic nitrogens is 3. The number of fused-ring (bicyclic) bond motifs is 12. The van der Waals surface area contributed by atoms with Gasteiger partial charge in [-0.15, -0.1) is 0 Å². The van der Waals surface area contributed by atoms with E-state index in [2.05, 4.69) is 102 Å². The molecule has 3 heterocycles. The molecule has 5 aromatic carbocycles. The van der Waals surface area contributed by atoms with Crippen LogP contribution in [-0.2, 0) is 12.8 Å². The molecule has 3 nitrogen and oxygen atoms in total. The number of para-hydroxylation sites is 1. The van der Waals surface area contributed by atoms with Crippen LogP contribution in [0.4, 0.5) is 0 Å². The Morgan fingerprint density at radius 3 is 2.26 bits per heavy atom.